The Morgan fingerprint density at radius 3 is 2.50 bits per heavy atom. The average molecular weight is 309 g/mol. The molecule has 6 nitrogen and oxygen atoms in total. The van der Waals surface area contributed by atoms with Crippen molar-refractivity contribution in [1.82, 2.24) is 0 Å². The average Bonchev–Trinajstić information content (AvgIpc) is 2.74. The Kier molecular flexibility index (Phi) is 3.37. The van der Waals surface area contributed by atoms with Crippen LogP contribution >= 0.6 is 6.57 Å². The number of rotatable bonds is 3. The summed E-state index contributed by atoms with van der Waals surface area (Å²) in [5, 5.41) is 25.2. The summed E-state index contributed by atoms with van der Waals surface area (Å²) >= 11 is 5.48. The Bertz CT molecular complexity index is 681. The van der Waals surface area contributed by atoms with Crippen molar-refractivity contribution >= 4 is 35.4 Å². The lowest BCUT2D eigenvalue weighted by molar-refractivity contribution is -0.991. The molecule has 1 heterocycles. The highest BCUT2D eigenvalue weighted by atomic mass is 32.4. The SMILES string of the molecule is [O-][NH+](O)c1ccc2c(c1)NP(=S)(Oc1ccccc1)N2. The number of para-hydroxylation sites is 1. The summed E-state index contributed by atoms with van der Waals surface area (Å²) in [7, 11) is 0. The van der Waals surface area contributed by atoms with E-state index >= 15 is 0 Å². The lowest BCUT2D eigenvalue weighted by Crippen LogP contribution is -2.99. The maximum absolute atomic E-state index is 11.0. The summed E-state index contributed by atoms with van der Waals surface area (Å²) < 4.78 is 5.80. The third-order valence-electron chi connectivity index (χ3n) is 2.78. The first-order valence-corrected chi connectivity index (χ1v) is 8.56. The van der Waals surface area contributed by atoms with E-state index in [1.54, 1.807) is 12.1 Å². The van der Waals surface area contributed by atoms with Gasteiger partial charge in [0.1, 0.15) is 5.75 Å². The minimum Gasteiger partial charge on any atom is -0.595 e. The summed E-state index contributed by atoms with van der Waals surface area (Å²) in [6.45, 7) is -2.48. The summed E-state index contributed by atoms with van der Waals surface area (Å²) in [5.41, 5.74) is 1.62. The summed E-state index contributed by atoms with van der Waals surface area (Å²) in [4.78, 5) is 0. The van der Waals surface area contributed by atoms with Crippen LogP contribution in [0.5, 0.6) is 5.75 Å². The number of benzene rings is 2. The molecular weight excluding hydrogens is 297 g/mol. The molecule has 0 bridgehead atoms. The Morgan fingerprint density at radius 1 is 1.10 bits per heavy atom. The van der Waals surface area contributed by atoms with Crippen LogP contribution in [0.2, 0.25) is 0 Å². The third kappa shape index (κ3) is 2.63. The second kappa shape index (κ2) is 5.05. The van der Waals surface area contributed by atoms with Crippen LogP contribution in [-0.2, 0) is 11.8 Å². The summed E-state index contributed by atoms with van der Waals surface area (Å²) in [6, 6.07) is 14.0. The monoisotopic (exact) mass is 309 g/mol. The Labute approximate surface area is 120 Å². The van der Waals surface area contributed by atoms with Crippen molar-refractivity contribution in [2.24, 2.45) is 0 Å². The Hall–Kier alpha value is -1.63. The van der Waals surface area contributed by atoms with Gasteiger partial charge in [0.2, 0.25) is 0 Å². The van der Waals surface area contributed by atoms with Crippen molar-refractivity contribution in [1.29, 1.82) is 0 Å². The molecule has 8 heteroatoms. The van der Waals surface area contributed by atoms with E-state index in [9.17, 15) is 5.21 Å². The molecule has 0 radical (unpaired) electrons. The van der Waals surface area contributed by atoms with E-state index in [0.717, 1.165) is 5.69 Å². The van der Waals surface area contributed by atoms with Gasteiger partial charge in [-0.15, -0.1) is 0 Å². The molecule has 2 aromatic carbocycles. The molecule has 0 aliphatic carbocycles. The third-order valence-corrected chi connectivity index (χ3v) is 5.09. The molecule has 1 aliphatic heterocycles. The molecule has 0 aromatic heterocycles. The van der Waals surface area contributed by atoms with Gasteiger partial charge in [-0.05, 0) is 30.0 Å². The lowest BCUT2D eigenvalue weighted by atomic mass is 10.2. The van der Waals surface area contributed by atoms with E-state index < -0.39 is 11.8 Å². The predicted molar refractivity (Wildman–Crippen MR) is 80.8 cm³/mol. The number of quaternary nitrogens is 1. The van der Waals surface area contributed by atoms with Crippen LogP contribution in [0, 0.1) is 5.21 Å². The minimum atomic E-state index is -2.48. The molecule has 0 amide bonds. The van der Waals surface area contributed by atoms with Crippen molar-refractivity contribution < 1.29 is 15.0 Å². The number of fused-ring (bicyclic) bond motifs is 1. The van der Waals surface area contributed by atoms with Gasteiger partial charge in [0.15, 0.2) is 5.69 Å². The molecule has 0 fully saturated rings. The number of hydrogen-bond acceptors (Lipinski definition) is 4. The standard InChI is InChI=1S/C12H12N3O3PS/c16-15(17)9-6-7-11-12(8-9)14-19(20,13-11)18-10-4-2-1-3-5-10/h1-8,15-16H,(H2,13,14,20). The lowest BCUT2D eigenvalue weighted by Gasteiger charge is -2.18. The van der Waals surface area contributed by atoms with Gasteiger partial charge >= 0.3 is 0 Å². The van der Waals surface area contributed by atoms with Crippen molar-refractivity contribution in [3.63, 3.8) is 0 Å². The van der Waals surface area contributed by atoms with Crippen LogP contribution in [0.4, 0.5) is 17.1 Å². The fourth-order valence-electron chi connectivity index (χ4n) is 1.89. The van der Waals surface area contributed by atoms with Gasteiger partial charge in [-0.1, -0.05) is 18.2 Å². The van der Waals surface area contributed by atoms with E-state index in [-0.39, 0.29) is 5.69 Å². The molecule has 2 aromatic rings. The van der Waals surface area contributed by atoms with Crippen LogP contribution in [0.15, 0.2) is 48.5 Å². The van der Waals surface area contributed by atoms with Gasteiger partial charge in [0, 0.05) is 12.1 Å². The molecule has 0 saturated heterocycles. The smallest absolute Gasteiger partial charge is 0.299 e. The number of anilines is 2. The van der Waals surface area contributed by atoms with Crippen LogP contribution in [0.1, 0.15) is 0 Å². The van der Waals surface area contributed by atoms with Crippen molar-refractivity contribution in [3.8, 4) is 5.75 Å². The molecule has 2 unspecified atom stereocenters. The van der Waals surface area contributed by atoms with E-state index in [1.807, 2.05) is 30.3 Å². The fourth-order valence-corrected chi connectivity index (χ4v) is 4.32. The van der Waals surface area contributed by atoms with Crippen LogP contribution in [-0.4, -0.2) is 5.21 Å². The molecule has 104 valence electrons. The van der Waals surface area contributed by atoms with E-state index in [4.69, 9.17) is 21.5 Å². The predicted octanol–water partition coefficient (Wildman–Crippen LogP) is 2.23. The maximum atomic E-state index is 11.0. The Balaban J connectivity index is 1.84. The molecule has 3 rings (SSSR count). The van der Waals surface area contributed by atoms with Gasteiger partial charge < -0.3 is 19.9 Å². The van der Waals surface area contributed by atoms with E-state index in [1.165, 1.54) is 6.07 Å². The highest BCUT2D eigenvalue weighted by Gasteiger charge is 2.29. The van der Waals surface area contributed by atoms with Gasteiger partial charge in [-0.2, -0.15) is 5.23 Å². The highest BCUT2D eigenvalue weighted by molar-refractivity contribution is 8.14. The van der Waals surface area contributed by atoms with Gasteiger partial charge in [-0.3, -0.25) is 0 Å². The summed E-state index contributed by atoms with van der Waals surface area (Å²) in [5.74, 6) is 0.669. The van der Waals surface area contributed by atoms with Crippen LogP contribution < -0.4 is 19.9 Å². The molecular formula is C12H12N3O3PS. The van der Waals surface area contributed by atoms with Crippen LogP contribution in [0.3, 0.4) is 0 Å². The topological polar surface area (TPSA) is 81.0 Å². The maximum Gasteiger partial charge on any atom is 0.299 e. The first kappa shape index (κ1) is 13.4. The number of nitrogens with one attached hydrogen (secondary N) is 3. The summed E-state index contributed by atoms with van der Waals surface area (Å²) in [6.07, 6.45) is 0. The van der Waals surface area contributed by atoms with Crippen molar-refractivity contribution in [2.45, 2.75) is 0 Å². The second-order valence-electron chi connectivity index (χ2n) is 4.24. The van der Waals surface area contributed by atoms with E-state index in [0.29, 0.717) is 11.4 Å². The van der Waals surface area contributed by atoms with Crippen LogP contribution in [0.25, 0.3) is 0 Å². The van der Waals surface area contributed by atoms with Gasteiger partial charge in [-0.25, -0.2) is 5.21 Å². The molecule has 1 aliphatic rings. The quantitative estimate of drug-likeness (QED) is 0.514. The zero-order valence-electron chi connectivity index (χ0n) is 10.2. The highest BCUT2D eigenvalue weighted by Crippen LogP contribution is 2.55. The fraction of sp³-hybridized carbons (Fsp3) is 0. The molecule has 0 spiro atoms. The Morgan fingerprint density at radius 2 is 1.80 bits per heavy atom. The van der Waals surface area contributed by atoms with Gasteiger partial charge in [0.05, 0.1) is 11.4 Å². The normalized spacial score (nSPS) is 21.5. The van der Waals surface area contributed by atoms with Gasteiger partial charge in [0.25, 0.3) is 6.57 Å². The first-order chi connectivity index (χ1) is 9.56. The minimum absolute atomic E-state index is 0.209. The molecule has 4 N–H and O–H groups in total. The van der Waals surface area contributed by atoms with Crippen molar-refractivity contribution in [2.75, 3.05) is 10.2 Å². The van der Waals surface area contributed by atoms with E-state index in [2.05, 4.69) is 10.2 Å². The zero-order chi connectivity index (χ0) is 14.2. The second-order valence-corrected chi connectivity index (χ2v) is 7.52. The largest absolute Gasteiger partial charge is 0.595 e. The zero-order valence-corrected chi connectivity index (χ0v) is 11.9. The number of hydrogen-bond donors (Lipinski definition) is 4. The van der Waals surface area contributed by atoms with Crippen molar-refractivity contribution in [3.05, 3.63) is 53.7 Å². The molecule has 0 saturated carbocycles. The first-order valence-electron chi connectivity index (χ1n) is 5.84. The molecule has 2 atom stereocenters. The molecule has 20 heavy (non-hydrogen) atoms.